The van der Waals surface area contributed by atoms with E-state index in [0.29, 0.717) is 23.6 Å². The maximum atomic E-state index is 13.8. The minimum atomic E-state index is -2.16. The molecule has 1 fully saturated rings. The van der Waals surface area contributed by atoms with Gasteiger partial charge in [-0.25, -0.2) is 0 Å². The lowest BCUT2D eigenvalue weighted by Crippen LogP contribution is -2.41. The van der Waals surface area contributed by atoms with E-state index in [9.17, 15) is 9.59 Å². The van der Waals surface area contributed by atoms with Crippen LogP contribution in [0.25, 0.3) is 0 Å². The Hall–Kier alpha value is -3.06. The fourth-order valence-electron chi connectivity index (χ4n) is 4.73. The van der Waals surface area contributed by atoms with Crippen LogP contribution in [0.5, 0.6) is 11.5 Å². The van der Waals surface area contributed by atoms with Crippen molar-refractivity contribution in [2.24, 2.45) is 11.8 Å². The van der Waals surface area contributed by atoms with Crippen LogP contribution in [-0.4, -0.2) is 34.4 Å². The number of rotatable bonds is 6. The third-order valence-corrected chi connectivity index (χ3v) is 12.0. The number of anilines is 1. The summed E-state index contributed by atoms with van der Waals surface area (Å²) in [7, 11) is 1.06. The predicted molar refractivity (Wildman–Crippen MR) is 139 cm³/mol. The smallest absolute Gasteiger partial charge is 0.250 e. The molecule has 2 aromatic carbocycles. The first-order chi connectivity index (χ1) is 16.5. The van der Waals surface area contributed by atoms with Crippen molar-refractivity contribution >= 4 is 25.8 Å². The van der Waals surface area contributed by atoms with Crippen molar-refractivity contribution in [3.8, 4) is 11.5 Å². The normalized spacial score (nSPS) is 22.5. The van der Waals surface area contributed by atoms with Crippen LogP contribution in [0.15, 0.2) is 60.4 Å². The summed E-state index contributed by atoms with van der Waals surface area (Å²) in [4.78, 5) is 28.8. The van der Waals surface area contributed by atoms with Crippen LogP contribution in [0, 0.1) is 11.8 Å². The third-order valence-electron chi connectivity index (χ3n) is 7.65. The Labute approximate surface area is 209 Å². The molecule has 7 heteroatoms. The van der Waals surface area contributed by atoms with E-state index in [4.69, 9.17) is 13.9 Å². The number of imide groups is 1. The average molecular weight is 494 g/mol. The molecule has 1 heterocycles. The average Bonchev–Trinajstić information content (AvgIpc) is 3.07. The van der Waals surface area contributed by atoms with Crippen LogP contribution < -0.4 is 14.4 Å². The number of carbonyl (C=O) groups excluding carboxylic acids is 2. The second-order valence-corrected chi connectivity index (χ2v) is 15.5. The number of hydrogen-bond acceptors (Lipinski definition) is 5. The molecule has 186 valence electrons. The van der Waals surface area contributed by atoms with Crippen LogP contribution >= 0.6 is 0 Å². The second kappa shape index (κ2) is 9.19. The molecule has 2 amide bonds. The summed E-state index contributed by atoms with van der Waals surface area (Å²) < 4.78 is 17.9. The summed E-state index contributed by atoms with van der Waals surface area (Å²) >= 11 is 0. The van der Waals surface area contributed by atoms with E-state index in [-0.39, 0.29) is 22.8 Å². The molecule has 35 heavy (non-hydrogen) atoms. The Balaban J connectivity index is 1.84. The minimum Gasteiger partial charge on any atom is -0.547 e. The molecule has 0 spiro atoms. The Morgan fingerprint density at radius 2 is 1.63 bits per heavy atom. The topological polar surface area (TPSA) is 65.1 Å². The zero-order valence-corrected chi connectivity index (χ0v) is 22.6. The maximum absolute atomic E-state index is 13.8. The quantitative estimate of drug-likeness (QED) is 0.370. The van der Waals surface area contributed by atoms with Crippen molar-refractivity contribution in [1.29, 1.82) is 0 Å². The molecule has 1 aliphatic carbocycles. The van der Waals surface area contributed by atoms with E-state index in [1.807, 2.05) is 42.5 Å². The number of allylic oxidation sites excluding steroid dienone is 2. The summed E-state index contributed by atoms with van der Waals surface area (Å²) in [6, 6.07) is 14.7. The third kappa shape index (κ3) is 4.49. The second-order valence-electron chi connectivity index (χ2n) is 10.8. The van der Waals surface area contributed by atoms with Crippen LogP contribution in [0.2, 0.25) is 18.1 Å². The number of methoxy groups -OCH3 is 2. The molecule has 0 N–H and O–H groups in total. The Morgan fingerprint density at radius 3 is 2.23 bits per heavy atom. The number of benzene rings is 2. The van der Waals surface area contributed by atoms with Crippen molar-refractivity contribution in [2.75, 3.05) is 19.1 Å². The largest absolute Gasteiger partial charge is 0.547 e. The van der Waals surface area contributed by atoms with Crippen LogP contribution in [-0.2, 0) is 14.0 Å². The van der Waals surface area contributed by atoms with Gasteiger partial charge in [0.25, 0.3) is 0 Å². The van der Waals surface area contributed by atoms with E-state index in [1.54, 1.807) is 26.4 Å². The van der Waals surface area contributed by atoms with Crippen LogP contribution in [0.1, 0.15) is 38.7 Å². The highest BCUT2D eigenvalue weighted by Gasteiger charge is 2.54. The van der Waals surface area contributed by atoms with E-state index in [2.05, 4.69) is 33.9 Å². The molecule has 4 rings (SSSR count). The molecule has 0 aromatic heterocycles. The Kier molecular flexibility index (Phi) is 6.57. The summed E-state index contributed by atoms with van der Waals surface area (Å²) in [6.07, 6.45) is 2.45. The zero-order valence-electron chi connectivity index (χ0n) is 21.6. The number of fused-ring (bicyclic) bond motifs is 1. The Morgan fingerprint density at radius 1 is 0.943 bits per heavy atom. The first-order valence-corrected chi connectivity index (χ1v) is 14.9. The number of hydrogen-bond donors (Lipinski definition) is 0. The molecule has 0 bridgehead atoms. The molecule has 2 aromatic rings. The number of nitrogens with zero attached hydrogens (tertiary/aromatic N) is 1. The number of para-hydroxylation sites is 1. The zero-order chi connectivity index (χ0) is 25.5. The number of amides is 2. The lowest BCUT2D eigenvalue weighted by Gasteiger charge is -2.40. The summed E-state index contributed by atoms with van der Waals surface area (Å²) in [5.74, 6) is 0.292. The fraction of sp³-hybridized carbons (Fsp3) is 0.429. The maximum Gasteiger partial charge on any atom is 0.250 e. The highest BCUT2D eigenvalue weighted by atomic mass is 28.4. The molecule has 3 atom stereocenters. The molecule has 0 unspecified atom stereocenters. The molecule has 0 radical (unpaired) electrons. The van der Waals surface area contributed by atoms with Crippen LogP contribution in [0.3, 0.4) is 0 Å². The van der Waals surface area contributed by atoms with Crippen molar-refractivity contribution in [3.05, 3.63) is 65.9 Å². The lowest BCUT2D eigenvalue weighted by molar-refractivity contribution is -0.122. The van der Waals surface area contributed by atoms with Gasteiger partial charge in [0, 0.05) is 17.9 Å². The SMILES string of the molecule is COc1ccc(OC)c([C@H]2C=C(O[Si](C)(C)C(C)(C)C)C[C@H]3C(=O)N(c4ccccc4)C(=O)[C@@H]23)c1. The summed E-state index contributed by atoms with van der Waals surface area (Å²) in [5, 5.41) is -0.000575. The van der Waals surface area contributed by atoms with Crippen LogP contribution in [0.4, 0.5) is 5.69 Å². The lowest BCUT2D eigenvalue weighted by atomic mass is 9.73. The Bertz CT molecular complexity index is 1150. The molecule has 0 saturated carbocycles. The fourth-order valence-corrected chi connectivity index (χ4v) is 5.84. The van der Waals surface area contributed by atoms with Gasteiger partial charge in [-0.2, -0.15) is 0 Å². The molecule has 2 aliphatic rings. The monoisotopic (exact) mass is 493 g/mol. The van der Waals surface area contributed by atoms with Gasteiger partial charge in [0.05, 0.1) is 37.5 Å². The van der Waals surface area contributed by atoms with Crippen molar-refractivity contribution < 1.29 is 23.5 Å². The highest BCUT2D eigenvalue weighted by Crippen LogP contribution is 2.50. The van der Waals surface area contributed by atoms with E-state index in [0.717, 1.165) is 11.3 Å². The predicted octanol–water partition coefficient (Wildman–Crippen LogP) is 5.90. The van der Waals surface area contributed by atoms with E-state index >= 15 is 0 Å². The summed E-state index contributed by atoms with van der Waals surface area (Å²) in [6.45, 7) is 11.0. The van der Waals surface area contributed by atoms with Gasteiger partial charge in [-0.15, -0.1) is 0 Å². The molecule has 1 aliphatic heterocycles. The van der Waals surface area contributed by atoms with Crippen molar-refractivity contribution in [1.82, 2.24) is 0 Å². The molecular weight excluding hydrogens is 458 g/mol. The first-order valence-electron chi connectivity index (χ1n) is 12.0. The molecular formula is C28H35NO5Si. The van der Waals surface area contributed by atoms with Gasteiger partial charge in [-0.05, 0) is 54.5 Å². The molecule has 6 nitrogen and oxygen atoms in total. The summed E-state index contributed by atoms with van der Waals surface area (Å²) in [5.41, 5.74) is 1.41. The number of ether oxygens (including phenoxy) is 2. The molecule has 1 saturated heterocycles. The van der Waals surface area contributed by atoms with Gasteiger partial charge in [0.2, 0.25) is 20.1 Å². The van der Waals surface area contributed by atoms with Crippen molar-refractivity contribution in [3.63, 3.8) is 0 Å². The van der Waals surface area contributed by atoms with Crippen molar-refractivity contribution in [2.45, 2.75) is 51.2 Å². The minimum absolute atomic E-state index is 0.000575. The van der Waals surface area contributed by atoms with Gasteiger partial charge in [-0.1, -0.05) is 39.0 Å². The highest BCUT2D eigenvalue weighted by molar-refractivity contribution is 6.74. The van der Waals surface area contributed by atoms with Gasteiger partial charge < -0.3 is 13.9 Å². The van der Waals surface area contributed by atoms with E-state index < -0.39 is 20.2 Å². The van der Waals surface area contributed by atoms with Gasteiger partial charge in [0.15, 0.2) is 0 Å². The van der Waals surface area contributed by atoms with E-state index in [1.165, 1.54) is 4.90 Å². The van der Waals surface area contributed by atoms with Gasteiger partial charge in [-0.3, -0.25) is 14.5 Å². The number of carbonyl (C=O) groups is 2. The van der Waals surface area contributed by atoms with Gasteiger partial charge in [0.1, 0.15) is 11.5 Å². The first kappa shape index (κ1) is 25.0. The standard InChI is InChI=1S/C28H35NO5Si/c1-28(2,3)35(6,7)34-20-16-22(21-15-19(32-4)13-14-24(21)33-5)25-23(17-20)26(30)29(27(25)31)18-11-9-8-10-12-18/h8-16,22-23,25H,17H2,1-7H3/t22-,23-,25+/m1/s1. The van der Waals surface area contributed by atoms with Gasteiger partial charge >= 0.3 is 0 Å².